The summed E-state index contributed by atoms with van der Waals surface area (Å²) < 4.78 is 45.2. The average Bonchev–Trinajstić information content (AvgIpc) is 2.68. The van der Waals surface area contributed by atoms with Gasteiger partial charge in [0.1, 0.15) is 5.69 Å². The van der Waals surface area contributed by atoms with Gasteiger partial charge < -0.3 is 19.6 Å². The lowest BCUT2D eigenvalue weighted by atomic mass is 10.2. The molecule has 1 aromatic heterocycles. The maximum absolute atomic E-state index is 12.2. The van der Waals surface area contributed by atoms with Crippen LogP contribution >= 0.6 is 0 Å². The molecule has 0 unspecified atom stereocenters. The number of hydrogen-bond acceptors (Lipinski definition) is 3. The average molecular weight is 275 g/mol. The maximum atomic E-state index is 12.2. The number of nitrogens with one attached hydrogen (secondary N) is 1. The Hall–Kier alpha value is -2.38. The second-order valence-corrected chi connectivity index (χ2v) is 3.63. The summed E-state index contributed by atoms with van der Waals surface area (Å²) in [6, 6.07) is 3.51. The number of aromatic nitrogens is 1. The van der Waals surface area contributed by atoms with E-state index in [4.69, 9.17) is 9.84 Å². The summed E-state index contributed by atoms with van der Waals surface area (Å²) in [6.07, 6.45) is -4.85. The molecule has 0 spiro atoms. The first-order valence-electron chi connectivity index (χ1n) is 5.00. The van der Waals surface area contributed by atoms with Crippen molar-refractivity contribution >= 4 is 16.9 Å². The van der Waals surface area contributed by atoms with Crippen LogP contribution in [0.5, 0.6) is 11.5 Å². The molecule has 0 aliphatic carbocycles. The molecule has 0 amide bonds. The van der Waals surface area contributed by atoms with Crippen molar-refractivity contribution in [1.82, 2.24) is 4.98 Å². The molecule has 0 aliphatic heterocycles. The van der Waals surface area contributed by atoms with Crippen molar-refractivity contribution in [2.24, 2.45) is 0 Å². The van der Waals surface area contributed by atoms with E-state index in [1.54, 1.807) is 0 Å². The van der Waals surface area contributed by atoms with Gasteiger partial charge in [-0.3, -0.25) is 0 Å². The predicted octanol–water partition coefficient (Wildman–Crippen LogP) is 2.77. The molecule has 19 heavy (non-hydrogen) atoms. The molecule has 8 heteroatoms. The molecule has 2 N–H and O–H groups in total. The van der Waals surface area contributed by atoms with E-state index < -0.39 is 18.1 Å². The summed E-state index contributed by atoms with van der Waals surface area (Å²) in [5.41, 5.74) is 0.199. The molecule has 2 aromatic rings. The highest BCUT2D eigenvalue weighted by Crippen LogP contribution is 2.35. The van der Waals surface area contributed by atoms with Crippen LogP contribution in [-0.4, -0.2) is 29.5 Å². The minimum absolute atomic E-state index is 0.138. The van der Waals surface area contributed by atoms with Crippen LogP contribution in [0.15, 0.2) is 18.2 Å². The first-order valence-corrected chi connectivity index (χ1v) is 5.00. The Balaban J connectivity index is 2.54. The number of H-pyrrole nitrogens is 1. The molecule has 0 radical (unpaired) electrons. The van der Waals surface area contributed by atoms with Crippen LogP contribution in [0.25, 0.3) is 10.9 Å². The Kier molecular flexibility index (Phi) is 3.01. The Morgan fingerprint density at radius 3 is 2.47 bits per heavy atom. The van der Waals surface area contributed by atoms with Gasteiger partial charge in [0.15, 0.2) is 11.5 Å². The van der Waals surface area contributed by atoms with Gasteiger partial charge in [-0.05, 0) is 12.1 Å². The maximum Gasteiger partial charge on any atom is 0.573 e. The Bertz CT molecular complexity index is 633. The Labute approximate surface area is 104 Å². The molecule has 0 bridgehead atoms. The number of methoxy groups -OCH3 is 1. The van der Waals surface area contributed by atoms with Crippen molar-refractivity contribution in [3.05, 3.63) is 23.9 Å². The summed E-state index contributed by atoms with van der Waals surface area (Å²) in [7, 11) is 1.19. The van der Waals surface area contributed by atoms with E-state index >= 15 is 0 Å². The van der Waals surface area contributed by atoms with E-state index in [9.17, 15) is 18.0 Å². The predicted molar refractivity (Wildman–Crippen MR) is 58.5 cm³/mol. The quantitative estimate of drug-likeness (QED) is 0.903. The van der Waals surface area contributed by atoms with Gasteiger partial charge in [0.05, 0.1) is 12.6 Å². The normalized spacial score (nSPS) is 11.6. The molecule has 2 rings (SSSR count). The van der Waals surface area contributed by atoms with E-state index in [-0.39, 0.29) is 16.8 Å². The fraction of sp³-hybridized carbons (Fsp3) is 0.182. The summed E-state index contributed by atoms with van der Waals surface area (Å²) in [6.45, 7) is 0. The molecular weight excluding hydrogens is 267 g/mol. The summed E-state index contributed by atoms with van der Waals surface area (Å²) in [5, 5.41) is 9.07. The van der Waals surface area contributed by atoms with Gasteiger partial charge in [-0.1, -0.05) is 0 Å². The van der Waals surface area contributed by atoms with Crippen LogP contribution in [0.4, 0.5) is 13.2 Å². The van der Waals surface area contributed by atoms with Crippen LogP contribution in [0.1, 0.15) is 10.5 Å². The van der Waals surface area contributed by atoms with Gasteiger partial charge >= 0.3 is 12.3 Å². The smallest absolute Gasteiger partial charge is 0.493 e. The van der Waals surface area contributed by atoms with Crippen molar-refractivity contribution < 1.29 is 32.5 Å². The zero-order valence-corrected chi connectivity index (χ0v) is 9.54. The third kappa shape index (κ3) is 2.72. The Morgan fingerprint density at radius 1 is 1.26 bits per heavy atom. The number of benzene rings is 1. The van der Waals surface area contributed by atoms with Crippen LogP contribution in [0.3, 0.4) is 0 Å². The lowest BCUT2D eigenvalue weighted by molar-refractivity contribution is -0.275. The minimum Gasteiger partial charge on any atom is -0.493 e. The number of rotatable bonds is 3. The zero-order chi connectivity index (χ0) is 14.2. The molecule has 0 fully saturated rings. The molecular formula is C11H8F3NO4. The first kappa shape index (κ1) is 13.1. The number of fused-ring (bicyclic) bond motifs is 1. The van der Waals surface area contributed by atoms with Gasteiger partial charge in [-0.15, -0.1) is 13.2 Å². The van der Waals surface area contributed by atoms with Crippen molar-refractivity contribution in [1.29, 1.82) is 0 Å². The fourth-order valence-corrected chi connectivity index (χ4v) is 1.62. The number of hydrogen-bond donors (Lipinski definition) is 2. The summed E-state index contributed by atoms with van der Waals surface area (Å²) >= 11 is 0. The lowest BCUT2D eigenvalue weighted by Crippen LogP contribution is -2.17. The topological polar surface area (TPSA) is 71.6 Å². The van der Waals surface area contributed by atoms with Crippen molar-refractivity contribution in [2.75, 3.05) is 7.11 Å². The van der Waals surface area contributed by atoms with Crippen LogP contribution in [-0.2, 0) is 0 Å². The number of halogens is 3. The van der Waals surface area contributed by atoms with Gasteiger partial charge in [0, 0.05) is 11.5 Å². The molecule has 5 nitrogen and oxygen atoms in total. The molecule has 0 aliphatic rings. The van der Waals surface area contributed by atoms with E-state index in [2.05, 4.69) is 9.72 Å². The van der Waals surface area contributed by atoms with Crippen molar-refractivity contribution in [3.8, 4) is 11.5 Å². The largest absolute Gasteiger partial charge is 0.573 e. The third-order valence-electron chi connectivity index (χ3n) is 2.36. The molecule has 1 aromatic carbocycles. The first-order chi connectivity index (χ1) is 8.80. The highest BCUT2D eigenvalue weighted by Gasteiger charge is 2.32. The van der Waals surface area contributed by atoms with Crippen LogP contribution in [0.2, 0.25) is 0 Å². The Morgan fingerprint density at radius 2 is 1.95 bits per heavy atom. The number of carbonyl (C=O) groups is 1. The van der Waals surface area contributed by atoms with E-state index in [1.807, 2.05) is 0 Å². The van der Waals surface area contributed by atoms with Gasteiger partial charge in [-0.2, -0.15) is 0 Å². The number of carboxylic acids is 1. The standard InChI is InChI=1S/C11H8F3NO4/c1-18-8-4-6-5(2-7(15-6)10(16)17)3-9(8)19-11(12,13)14/h2-4,15H,1H3,(H,16,17). The third-order valence-corrected chi connectivity index (χ3v) is 2.36. The van der Waals surface area contributed by atoms with Crippen LogP contribution < -0.4 is 9.47 Å². The number of carboxylic acid groups (broad SMARTS) is 1. The number of alkyl halides is 3. The highest BCUT2D eigenvalue weighted by atomic mass is 19.4. The van der Waals surface area contributed by atoms with Gasteiger partial charge in [-0.25, -0.2) is 4.79 Å². The molecule has 1 heterocycles. The number of aromatic carboxylic acids is 1. The summed E-state index contributed by atoms with van der Waals surface area (Å²) in [5.74, 6) is -1.89. The summed E-state index contributed by atoms with van der Waals surface area (Å²) in [4.78, 5) is 13.3. The van der Waals surface area contributed by atoms with E-state index in [0.29, 0.717) is 5.52 Å². The monoisotopic (exact) mass is 275 g/mol. The highest BCUT2D eigenvalue weighted by molar-refractivity contribution is 5.94. The van der Waals surface area contributed by atoms with Crippen molar-refractivity contribution in [2.45, 2.75) is 6.36 Å². The molecule has 0 atom stereocenters. The number of aromatic amines is 1. The second-order valence-electron chi connectivity index (χ2n) is 3.63. The van der Waals surface area contributed by atoms with Gasteiger partial charge in [0.25, 0.3) is 0 Å². The van der Waals surface area contributed by atoms with Gasteiger partial charge in [0.2, 0.25) is 0 Å². The molecule has 0 saturated carbocycles. The number of ether oxygens (including phenoxy) is 2. The van der Waals surface area contributed by atoms with E-state index in [0.717, 1.165) is 6.07 Å². The van der Waals surface area contributed by atoms with Crippen LogP contribution in [0, 0.1) is 0 Å². The molecule has 0 saturated heterocycles. The van der Waals surface area contributed by atoms with E-state index in [1.165, 1.54) is 19.2 Å². The van der Waals surface area contributed by atoms with Crippen molar-refractivity contribution in [3.63, 3.8) is 0 Å². The fourth-order valence-electron chi connectivity index (χ4n) is 1.62. The minimum atomic E-state index is -4.85. The molecule has 102 valence electrons. The zero-order valence-electron chi connectivity index (χ0n) is 9.54. The lowest BCUT2D eigenvalue weighted by Gasteiger charge is -2.12. The second kappa shape index (κ2) is 4.38. The SMILES string of the molecule is COc1cc2[nH]c(C(=O)O)cc2cc1OC(F)(F)F.